The average molecular weight is 352 g/mol. The molecule has 5 heteroatoms. The van der Waals surface area contributed by atoms with Crippen molar-refractivity contribution in [2.24, 2.45) is 5.92 Å². The van der Waals surface area contributed by atoms with Crippen LogP contribution in [0.5, 0.6) is 17.2 Å². The van der Waals surface area contributed by atoms with Gasteiger partial charge in [0.25, 0.3) is 0 Å². The maximum absolute atomic E-state index is 12.3. The molecule has 2 N–H and O–H groups in total. The molecule has 5 nitrogen and oxygen atoms in total. The highest BCUT2D eigenvalue weighted by Crippen LogP contribution is 2.32. The van der Waals surface area contributed by atoms with Crippen molar-refractivity contribution >= 4 is 11.0 Å². The fourth-order valence-electron chi connectivity index (χ4n) is 3.56. The van der Waals surface area contributed by atoms with E-state index < -0.39 is 0 Å². The van der Waals surface area contributed by atoms with Gasteiger partial charge < -0.3 is 19.4 Å². The number of fused-ring (bicyclic) bond motifs is 1. The number of aromatic hydroxyl groups is 2. The average Bonchev–Trinajstić information content (AvgIpc) is 2.99. The second kappa shape index (κ2) is 6.41. The highest BCUT2D eigenvalue weighted by atomic mass is 16.5. The molecule has 4 rings (SSSR count). The van der Waals surface area contributed by atoms with E-state index in [4.69, 9.17) is 9.15 Å². The summed E-state index contributed by atoms with van der Waals surface area (Å²) in [5.41, 5.74) is 0.502. The third kappa shape index (κ3) is 3.01. The van der Waals surface area contributed by atoms with Gasteiger partial charge in [0.2, 0.25) is 0 Å². The Bertz CT molecular complexity index is 1000. The topological polar surface area (TPSA) is 79.9 Å². The molecule has 26 heavy (non-hydrogen) atoms. The highest BCUT2D eigenvalue weighted by molar-refractivity contribution is 5.86. The van der Waals surface area contributed by atoms with E-state index in [1.54, 1.807) is 0 Å². The van der Waals surface area contributed by atoms with Crippen LogP contribution in [0.4, 0.5) is 0 Å². The van der Waals surface area contributed by atoms with Crippen LogP contribution >= 0.6 is 0 Å². The molecule has 0 spiro atoms. The zero-order valence-corrected chi connectivity index (χ0v) is 14.4. The van der Waals surface area contributed by atoms with Gasteiger partial charge in [0.1, 0.15) is 40.1 Å². The first kappa shape index (κ1) is 16.5. The largest absolute Gasteiger partial charge is 0.508 e. The molecule has 2 aromatic carbocycles. The standard InChI is InChI=1S/C21H20O5/c1-12-3-2-4-18(12)25-15-7-5-13(6-8-15)19-11-17(24)21-16(23)9-14(22)10-20(21)26-19/h5-12,18,22-23H,2-4H2,1H3. The molecule has 1 fully saturated rings. The minimum Gasteiger partial charge on any atom is -0.508 e. The van der Waals surface area contributed by atoms with E-state index in [1.807, 2.05) is 24.3 Å². The molecule has 1 aliphatic carbocycles. The number of benzene rings is 2. The lowest BCUT2D eigenvalue weighted by molar-refractivity contribution is 0.167. The molecule has 1 aromatic heterocycles. The van der Waals surface area contributed by atoms with Crippen LogP contribution in [-0.4, -0.2) is 16.3 Å². The van der Waals surface area contributed by atoms with Gasteiger partial charge in [-0.05, 0) is 49.4 Å². The van der Waals surface area contributed by atoms with Crippen molar-refractivity contribution in [3.63, 3.8) is 0 Å². The van der Waals surface area contributed by atoms with E-state index in [-0.39, 0.29) is 34.0 Å². The van der Waals surface area contributed by atoms with Gasteiger partial charge in [-0.1, -0.05) is 6.92 Å². The van der Waals surface area contributed by atoms with Crippen LogP contribution in [0.25, 0.3) is 22.3 Å². The van der Waals surface area contributed by atoms with E-state index in [1.165, 1.54) is 25.0 Å². The fraction of sp³-hybridized carbons (Fsp3) is 0.286. The Morgan fingerprint density at radius 3 is 2.54 bits per heavy atom. The Hall–Kier alpha value is -2.95. The SMILES string of the molecule is CC1CCCC1Oc1ccc(-c2cc(=O)c3c(O)cc(O)cc3o2)cc1. The monoisotopic (exact) mass is 352 g/mol. The molecular formula is C21H20O5. The summed E-state index contributed by atoms with van der Waals surface area (Å²) >= 11 is 0. The van der Waals surface area contributed by atoms with Crippen LogP contribution in [0.15, 0.2) is 51.7 Å². The van der Waals surface area contributed by atoms with E-state index in [9.17, 15) is 15.0 Å². The van der Waals surface area contributed by atoms with E-state index in [2.05, 4.69) is 6.92 Å². The smallest absolute Gasteiger partial charge is 0.197 e. The number of hydrogen-bond donors (Lipinski definition) is 2. The molecular weight excluding hydrogens is 332 g/mol. The Labute approximate surface area is 150 Å². The lowest BCUT2D eigenvalue weighted by atomic mass is 10.1. The van der Waals surface area contributed by atoms with Crippen molar-refractivity contribution in [3.05, 3.63) is 52.7 Å². The first-order chi connectivity index (χ1) is 12.5. The molecule has 0 amide bonds. The predicted molar refractivity (Wildman–Crippen MR) is 98.7 cm³/mol. The molecule has 3 aromatic rings. The second-order valence-corrected chi connectivity index (χ2v) is 6.90. The number of phenols is 2. The van der Waals surface area contributed by atoms with Crippen molar-refractivity contribution in [2.45, 2.75) is 32.3 Å². The van der Waals surface area contributed by atoms with Gasteiger partial charge in [-0.3, -0.25) is 4.79 Å². The summed E-state index contributed by atoms with van der Waals surface area (Å²) in [6.07, 6.45) is 3.73. The Kier molecular flexibility index (Phi) is 4.07. The molecule has 134 valence electrons. The van der Waals surface area contributed by atoms with Gasteiger partial charge in [-0.25, -0.2) is 0 Å². The van der Waals surface area contributed by atoms with Gasteiger partial charge in [-0.15, -0.1) is 0 Å². The predicted octanol–water partition coefficient (Wildman–Crippen LogP) is 4.44. The van der Waals surface area contributed by atoms with Gasteiger partial charge in [0.15, 0.2) is 5.43 Å². The summed E-state index contributed by atoms with van der Waals surface area (Å²) in [5, 5.41) is 19.5. The van der Waals surface area contributed by atoms with Gasteiger partial charge in [-0.2, -0.15) is 0 Å². The normalized spacial score (nSPS) is 19.7. The first-order valence-electron chi connectivity index (χ1n) is 8.78. The van der Waals surface area contributed by atoms with Crippen LogP contribution < -0.4 is 10.2 Å². The fourth-order valence-corrected chi connectivity index (χ4v) is 3.56. The molecule has 0 aliphatic heterocycles. The summed E-state index contributed by atoms with van der Waals surface area (Å²) in [7, 11) is 0. The third-order valence-electron chi connectivity index (χ3n) is 5.00. The van der Waals surface area contributed by atoms with Crippen LogP contribution in [0.1, 0.15) is 26.2 Å². The maximum Gasteiger partial charge on any atom is 0.197 e. The molecule has 0 saturated heterocycles. The van der Waals surface area contributed by atoms with Crippen LogP contribution in [-0.2, 0) is 0 Å². The van der Waals surface area contributed by atoms with Crippen molar-refractivity contribution < 1.29 is 19.4 Å². The van der Waals surface area contributed by atoms with Crippen LogP contribution in [0.3, 0.4) is 0 Å². The van der Waals surface area contributed by atoms with Crippen molar-refractivity contribution in [1.82, 2.24) is 0 Å². The molecule has 1 saturated carbocycles. The quantitative estimate of drug-likeness (QED) is 0.728. The second-order valence-electron chi connectivity index (χ2n) is 6.90. The van der Waals surface area contributed by atoms with Gasteiger partial charge in [0, 0.05) is 23.8 Å². The molecule has 0 bridgehead atoms. The van der Waals surface area contributed by atoms with Crippen LogP contribution in [0.2, 0.25) is 0 Å². The summed E-state index contributed by atoms with van der Waals surface area (Å²) in [5.74, 6) is 1.27. The maximum atomic E-state index is 12.3. The summed E-state index contributed by atoms with van der Waals surface area (Å²) < 4.78 is 11.8. The molecule has 1 aliphatic rings. The van der Waals surface area contributed by atoms with Crippen molar-refractivity contribution in [3.8, 4) is 28.6 Å². The van der Waals surface area contributed by atoms with Crippen molar-refractivity contribution in [2.75, 3.05) is 0 Å². The number of rotatable bonds is 3. The number of ether oxygens (including phenoxy) is 1. The van der Waals surface area contributed by atoms with Gasteiger partial charge in [0.05, 0.1) is 0 Å². The first-order valence-corrected chi connectivity index (χ1v) is 8.78. The zero-order chi connectivity index (χ0) is 18.3. The van der Waals surface area contributed by atoms with Gasteiger partial charge >= 0.3 is 0 Å². The lowest BCUT2D eigenvalue weighted by Gasteiger charge is -2.18. The summed E-state index contributed by atoms with van der Waals surface area (Å²) in [4.78, 5) is 12.3. The number of phenolic OH excluding ortho intramolecular Hbond substituents is 2. The van der Waals surface area contributed by atoms with E-state index in [0.717, 1.165) is 23.8 Å². The minimum absolute atomic E-state index is 0.0572. The Morgan fingerprint density at radius 1 is 1.08 bits per heavy atom. The number of hydrogen-bond acceptors (Lipinski definition) is 5. The van der Waals surface area contributed by atoms with Crippen LogP contribution in [0, 0.1) is 5.92 Å². The zero-order valence-electron chi connectivity index (χ0n) is 14.4. The molecule has 2 atom stereocenters. The van der Waals surface area contributed by atoms with Crippen molar-refractivity contribution in [1.29, 1.82) is 0 Å². The summed E-state index contributed by atoms with van der Waals surface area (Å²) in [6.45, 7) is 2.21. The highest BCUT2D eigenvalue weighted by Gasteiger charge is 2.24. The lowest BCUT2D eigenvalue weighted by Crippen LogP contribution is -2.18. The third-order valence-corrected chi connectivity index (χ3v) is 5.00. The Morgan fingerprint density at radius 2 is 1.85 bits per heavy atom. The Balaban J connectivity index is 1.66. The molecule has 1 heterocycles. The summed E-state index contributed by atoms with van der Waals surface area (Å²) in [6, 6.07) is 11.2. The van der Waals surface area contributed by atoms with E-state index in [0.29, 0.717) is 11.7 Å². The molecule has 0 radical (unpaired) electrons. The molecule has 2 unspecified atom stereocenters. The minimum atomic E-state index is -0.362. The van der Waals surface area contributed by atoms with E-state index >= 15 is 0 Å².